The van der Waals surface area contributed by atoms with Crippen LogP contribution in [0.25, 0.3) is 0 Å². The molecule has 1 aromatic carbocycles. The molecule has 0 amide bonds. The van der Waals surface area contributed by atoms with Gasteiger partial charge in [-0.1, -0.05) is 0 Å². The predicted octanol–water partition coefficient (Wildman–Crippen LogP) is 2.81. The third kappa shape index (κ3) is 5.57. The van der Waals surface area contributed by atoms with Crippen molar-refractivity contribution in [1.29, 1.82) is 0 Å². The van der Waals surface area contributed by atoms with Gasteiger partial charge in [0, 0.05) is 0 Å². The molecular formula is C14H20O4. The fourth-order valence-corrected chi connectivity index (χ4v) is 1.32. The number of ether oxygens (including phenoxy) is 3. The molecule has 1 rings (SSSR count). The molecule has 100 valence electrons. The Bertz CT molecular complexity index is 376. The fraction of sp³-hybridized carbons (Fsp3) is 0.500. The molecule has 0 unspecified atom stereocenters. The summed E-state index contributed by atoms with van der Waals surface area (Å²) in [5, 5.41) is 0. The molecule has 0 aromatic heterocycles. The highest BCUT2D eigenvalue weighted by Crippen LogP contribution is 2.17. The van der Waals surface area contributed by atoms with Crippen LogP contribution in [0.1, 0.15) is 27.2 Å². The predicted molar refractivity (Wildman–Crippen MR) is 69.0 cm³/mol. The van der Waals surface area contributed by atoms with Gasteiger partial charge in [0.15, 0.2) is 0 Å². The van der Waals surface area contributed by atoms with E-state index in [-0.39, 0.29) is 12.4 Å². The number of hydrogen-bond acceptors (Lipinski definition) is 4. The van der Waals surface area contributed by atoms with E-state index in [4.69, 9.17) is 14.2 Å². The standard InChI is InChI=1S/C14H20O4/c1-14(2,3)18-13(15)9-10-17-12-7-5-11(16-4)6-8-12/h5-8H,9-10H2,1-4H3. The molecule has 0 aliphatic rings. The van der Waals surface area contributed by atoms with Gasteiger partial charge in [0.1, 0.15) is 17.1 Å². The highest BCUT2D eigenvalue weighted by atomic mass is 16.6. The zero-order chi connectivity index (χ0) is 13.6. The maximum Gasteiger partial charge on any atom is 0.309 e. The number of methoxy groups -OCH3 is 1. The summed E-state index contributed by atoms with van der Waals surface area (Å²) in [5.74, 6) is 1.23. The second-order valence-corrected chi connectivity index (χ2v) is 4.86. The van der Waals surface area contributed by atoms with E-state index in [1.807, 2.05) is 32.9 Å². The molecule has 0 bridgehead atoms. The van der Waals surface area contributed by atoms with Crippen molar-refractivity contribution in [2.45, 2.75) is 32.8 Å². The summed E-state index contributed by atoms with van der Waals surface area (Å²) in [4.78, 5) is 11.4. The number of esters is 1. The number of carbonyl (C=O) groups excluding carboxylic acids is 1. The molecule has 4 heteroatoms. The summed E-state index contributed by atoms with van der Waals surface area (Å²) in [7, 11) is 1.61. The second-order valence-electron chi connectivity index (χ2n) is 4.86. The molecule has 0 N–H and O–H groups in total. The van der Waals surface area contributed by atoms with Crippen molar-refractivity contribution in [1.82, 2.24) is 0 Å². The van der Waals surface area contributed by atoms with Crippen LogP contribution in [0, 0.1) is 0 Å². The van der Waals surface area contributed by atoms with Gasteiger partial charge in [0.05, 0.1) is 20.1 Å². The van der Waals surface area contributed by atoms with Crippen molar-refractivity contribution < 1.29 is 19.0 Å². The van der Waals surface area contributed by atoms with Crippen LogP contribution in [0.15, 0.2) is 24.3 Å². The number of carbonyl (C=O) groups is 1. The number of hydrogen-bond donors (Lipinski definition) is 0. The first-order chi connectivity index (χ1) is 8.40. The summed E-state index contributed by atoms with van der Waals surface area (Å²) in [6, 6.07) is 7.22. The third-order valence-corrected chi connectivity index (χ3v) is 2.05. The normalized spacial score (nSPS) is 10.9. The van der Waals surface area contributed by atoms with Crippen LogP contribution in [-0.2, 0) is 9.53 Å². The van der Waals surface area contributed by atoms with Crippen LogP contribution < -0.4 is 9.47 Å². The average Bonchev–Trinajstić information content (AvgIpc) is 2.27. The minimum Gasteiger partial charge on any atom is -0.497 e. The molecule has 0 aliphatic carbocycles. The first kappa shape index (κ1) is 14.4. The number of benzene rings is 1. The van der Waals surface area contributed by atoms with E-state index >= 15 is 0 Å². The topological polar surface area (TPSA) is 44.8 Å². The van der Waals surface area contributed by atoms with Crippen LogP contribution in [0.4, 0.5) is 0 Å². The zero-order valence-electron chi connectivity index (χ0n) is 11.4. The van der Waals surface area contributed by atoms with Crippen LogP contribution in [-0.4, -0.2) is 25.3 Å². The smallest absolute Gasteiger partial charge is 0.309 e. The van der Waals surface area contributed by atoms with Crippen LogP contribution in [0.3, 0.4) is 0 Å². The van der Waals surface area contributed by atoms with Crippen LogP contribution >= 0.6 is 0 Å². The van der Waals surface area contributed by atoms with E-state index in [9.17, 15) is 4.79 Å². The second kappa shape index (κ2) is 6.28. The molecule has 1 aromatic rings. The van der Waals surface area contributed by atoms with Crippen molar-refractivity contribution in [2.24, 2.45) is 0 Å². The first-order valence-corrected chi connectivity index (χ1v) is 5.89. The molecule has 0 saturated heterocycles. The van der Waals surface area contributed by atoms with Gasteiger partial charge >= 0.3 is 5.97 Å². The Morgan fingerprint density at radius 2 is 1.67 bits per heavy atom. The lowest BCUT2D eigenvalue weighted by Gasteiger charge is -2.19. The van der Waals surface area contributed by atoms with Gasteiger partial charge in [0.2, 0.25) is 0 Å². The lowest BCUT2D eigenvalue weighted by molar-refractivity contribution is -0.155. The first-order valence-electron chi connectivity index (χ1n) is 5.89. The van der Waals surface area contributed by atoms with Crippen LogP contribution in [0.2, 0.25) is 0 Å². The fourth-order valence-electron chi connectivity index (χ4n) is 1.32. The van der Waals surface area contributed by atoms with Crippen molar-refractivity contribution in [2.75, 3.05) is 13.7 Å². The Hall–Kier alpha value is -1.71. The van der Waals surface area contributed by atoms with Crippen LogP contribution in [0.5, 0.6) is 11.5 Å². The Morgan fingerprint density at radius 1 is 1.11 bits per heavy atom. The van der Waals surface area contributed by atoms with Gasteiger partial charge in [-0.15, -0.1) is 0 Å². The maximum atomic E-state index is 11.4. The summed E-state index contributed by atoms with van der Waals surface area (Å²) >= 11 is 0. The number of rotatable bonds is 5. The van der Waals surface area contributed by atoms with Gasteiger partial charge in [-0.25, -0.2) is 0 Å². The SMILES string of the molecule is COc1ccc(OCCC(=O)OC(C)(C)C)cc1. The van der Waals surface area contributed by atoms with E-state index < -0.39 is 5.60 Å². The molecular weight excluding hydrogens is 232 g/mol. The molecule has 18 heavy (non-hydrogen) atoms. The maximum absolute atomic E-state index is 11.4. The highest BCUT2D eigenvalue weighted by molar-refractivity contribution is 5.69. The minimum absolute atomic E-state index is 0.239. The Labute approximate surface area is 108 Å². The Balaban J connectivity index is 2.30. The van der Waals surface area contributed by atoms with Gasteiger partial charge in [-0.05, 0) is 45.0 Å². The lowest BCUT2D eigenvalue weighted by atomic mass is 10.2. The van der Waals surface area contributed by atoms with Crippen molar-refractivity contribution >= 4 is 5.97 Å². The van der Waals surface area contributed by atoms with Gasteiger partial charge in [-0.2, -0.15) is 0 Å². The van der Waals surface area contributed by atoms with E-state index in [1.165, 1.54) is 0 Å². The van der Waals surface area contributed by atoms with Crippen molar-refractivity contribution in [3.63, 3.8) is 0 Å². The summed E-state index contributed by atoms with van der Waals surface area (Å²) < 4.78 is 15.6. The van der Waals surface area contributed by atoms with Gasteiger partial charge in [-0.3, -0.25) is 4.79 Å². The molecule has 0 aliphatic heterocycles. The zero-order valence-corrected chi connectivity index (χ0v) is 11.4. The van der Waals surface area contributed by atoms with Crippen molar-refractivity contribution in [3.8, 4) is 11.5 Å². The molecule has 0 spiro atoms. The third-order valence-electron chi connectivity index (χ3n) is 2.05. The van der Waals surface area contributed by atoms with Gasteiger partial charge < -0.3 is 14.2 Å². The highest BCUT2D eigenvalue weighted by Gasteiger charge is 2.15. The molecule has 0 radical (unpaired) electrons. The largest absolute Gasteiger partial charge is 0.497 e. The van der Waals surface area contributed by atoms with E-state index in [0.717, 1.165) is 5.75 Å². The summed E-state index contributed by atoms with van der Waals surface area (Å²) in [5.41, 5.74) is -0.447. The van der Waals surface area contributed by atoms with Gasteiger partial charge in [0.25, 0.3) is 0 Å². The quantitative estimate of drug-likeness (QED) is 0.756. The monoisotopic (exact) mass is 252 g/mol. The Morgan fingerprint density at radius 3 is 2.17 bits per heavy atom. The Kier molecular flexibility index (Phi) is 5.01. The van der Waals surface area contributed by atoms with E-state index in [2.05, 4.69) is 0 Å². The van der Waals surface area contributed by atoms with E-state index in [0.29, 0.717) is 12.4 Å². The van der Waals surface area contributed by atoms with E-state index in [1.54, 1.807) is 19.2 Å². The summed E-state index contributed by atoms with van der Waals surface area (Å²) in [6.45, 7) is 5.83. The average molecular weight is 252 g/mol. The molecule has 0 fully saturated rings. The molecule has 4 nitrogen and oxygen atoms in total. The van der Waals surface area contributed by atoms with Crippen molar-refractivity contribution in [3.05, 3.63) is 24.3 Å². The molecule has 0 heterocycles. The summed E-state index contributed by atoms with van der Waals surface area (Å²) in [6.07, 6.45) is 0.239. The lowest BCUT2D eigenvalue weighted by Crippen LogP contribution is -2.24. The molecule has 0 saturated carbocycles. The minimum atomic E-state index is -0.447. The molecule has 0 atom stereocenters.